The summed E-state index contributed by atoms with van der Waals surface area (Å²) in [5, 5.41) is 6.33. The van der Waals surface area contributed by atoms with Crippen LogP contribution in [0.1, 0.15) is 19.3 Å². The Labute approximate surface area is 156 Å². The number of amides is 1. The van der Waals surface area contributed by atoms with Gasteiger partial charge in [-0.2, -0.15) is 0 Å². The van der Waals surface area contributed by atoms with E-state index in [0.717, 1.165) is 43.9 Å². The molecule has 0 unspecified atom stereocenters. The largest absolute Gasteiger partial charge is 0.497 e. The second-order valence-electron chi connectivity index (χ2n) is 6.10. The van der Waals surface area contributed by atoms with Gasteiger partial charge < -0.3 is 24.8 Å². The van der Waals surface area contributed by atoms with Crippen molar-refractivity contribution in [1.82, 2.24) is 10.6 Å². The number of nitrogens with one attached hydrogen (secondary N) is 2. The Morgan fingerprint density at radius 2 is 1.80 bits per heavy atom. The van der Waals surface area contributed by atoms with Gasteiger partial charge in [0.15, 0.2) is 0 Å². The minimum atomic E-state index is -0.392. The molecule has 0 aromatic heterocycles. The number of benzene rings is 1. The van der Waals surface area contributed by atoms with Gasteiger partial charge in [-0.05, 0) is 56.6 Å². The molecule has 0 aliphatic carbocycles. The maximum absolute atomic E-state index is 12.5. The molecule has 25 heavy (non-hydrogen) atoms. The predicted molar refractivity (Wildman–Crippen MR) is 99.8 cm³/mol. The molecule has 6 nitrogen and oxygen atoms in total. The number of hydrogen-bond donors (Lipinski definition) is 2. The van der Waals surface area contributed by atoms with Gasteiger partial charge in [-0.25, -0.2) is 0 Å². The molecule has 0 bridgehead atoms. The third-order valence-corrected chi connectivity index (χ3v) is 4.40. The zero-order chi connectivity index (χ0) is 17.3. The van der Waals surface area contributed by atoms with Gasteiger partial charge in [0.05, 0.1) is 25.7 Å². The van der Waals surface area contributed by atoms with Crippen LogP contribution in [0, 0.1) is 5.41 Å². The molecule has 0 radical (unpaired) electrons. The lowest BCUT2D eigenvalue weighted by atomic mass is 9.78. The Morgan fingerprint density at radius 1 is 1.16 bits per heavy atom. The predicted octanol–water partition coefficient (Wildman–Crippen LogP) is 2.02. The molecular weight excluding hydrogens is 344 g/mol. The number of carbonyl (C=O) groups is 1. The minimum Gasteiger partial charge on any atom is -0.497 e. The van der Waals surface area contributed by atoms with E-state index in [9.17, 15) is 4.79 Å². The first kappa shape index (κ1) is 21.5. The summed E-state index contributed by atoms with van der Waals surface area (Å²) in [7, 11) is 3.29. The summed E-state index contributed by atoms with van der Waals surface area (Å²) in [4.78, 5) is 12.5. The number of hydrogen-bond acceptors (Lipinski definition) is 5. The topological polar surface area (TPSA) is 68.8 Å². The monoisotopic (exact) mass is 372 g/mol. The van der Waals surface area contributed by atoms with Crippen molar-refractivity contribution in [3.05, 3.63) is 24.3 Å². The number of ether oxygens (including phenoxy) is 3. The Kier molecular flexibility index (Phi) is 9.63. The van der Waals surface area contributed by atoms with Crippen LogP contribution in [0.15, 0.2) is 24.3 Å². The Bertz CT molecular complexity index is 499. The van der Waals surface area contributed by atoms with Crippen LogP contribution in [0.5, 0.6) is 11.5 Å². The van der Waals surface area contributed by atoms with Crippen LogP contribution in [0.4, 0.5) is 0 Å². The summed E-state index contributed by atoms with van der Waals surface area (Å²) in [6.45, 7) is 3.36. The fraction of sp³-hybridized carbons (Fsp3) is 0.611. The van der Waals surface area contributed by atoms with Crippen LogP contribution in [0.3, 0.4) is 0 Å². The molecule has 0 spiro atoms. The van der Waals surface area contributed by atoms with Gasteiger partial charge in [-0.1, -0.05) is 0 Å². The first-order valence-corrected chi connectivity index (χ1v) is 8.45. The molecule has 1 saturated heterocycles. The zero-order valence-corrected chi connectivity index (χ0v) is 15.8. The summed E-state index contributed by atoms with van der Waals surface area (Å²) >= 11 is 0. The number of carbonyl (C=O) groups excluding carboxylic acids is 1. The maximum Gasteiger partial charge on any atom is 0.228 e. The van der Waals surface area contributed by atoms with Crippen LogP contribution < -0.4 is 20.1 Å². The number of halogens is 1. The molecular formula is C18H29ClN2O4. The average Bonchev–Trinajstić information content (AvgIpc) is 2.63. The van der Waals surface area contributed by atoms with E-state index in [0.29, 0.717) is 19.8 Å². The molecule has 1 aliphatic rings. The Balaban J connectivity index is 0.00000312. The Morgan fingerprint density at radius 3 is 2.40 bits per heavy atom. The Hall–Kier alpha value is -1.50. The van der Waals surface area contributed by atoms with E-state index in [1.54, 1.807) is 14.2 Å². The summed E-state index contributed by atoms with van der Waals surface area (Å²) in [5.74, 6) is 1.70. The van der Waals surface area contributed by atoms with Gasteiger partial charge in [0, 0.05) is 13.7 Å². The lowest BCUT2D eigenvalue weighted by molar-refractivity contribution is -0.136. The highest BCUT2D eigenvalue weighted by Crippen LogP contribution is 2.29. The van der Waals surface area contributed by atoms with Crippen molar-refractivity contribution >= 4 is 18.3 Å². The second kappa shape index (κ2) is 11.2. The van der Waals surface area contributed by atoms with E-state index in [4.69, 9.17) is 14.2 Å². The van der Waals surface area contributed by atoms with Gasteiger partial charge in [0.25, 0.3) is 0 Å². The van der Waals surface area contributed by atoms with Crippen molar-refractivity contribution in [3.63, 3.8) is 0 Å². The third kappa shape index (κ3) is 6.38. The normalized spacial score (nSPS) is 15.8. The first-order chi connectivity index (χ1) is 11.7. The maximum atomic E-state index is 12.5. The summed E-state index contributed by atoms with van der Waals surface area (Å²) < 4.78 is 16.1. The second-order valence-corrected chi connectivity index (χ2v) is 6.10. The van der Waals surface area contributed by atoms with E-state index in [2.05, 4.69) is 10.6 Å². The van der Waals surface area contributed by atoms with Crippen molar-refractivity contribution in [2.75, 3.05) is 47.1 Å². The SMILES string of the molecule is COCC1(C(=O)NCCCOc2ccc(OC)cc2)CCNCC1.Cl. The first-order valence-electron chi connectivity index (χ1n) is 8.45. The lowest BCUT2D eigenvalue weighted by Gasteiger charge is -2.35. The van der Waals surface area contributed by atoms with Crippen LogP contribution in [0.25, 0.3) is 0 Å². The molecule has 1 aromatic rings. The molecule has 7 heteroatoms. The minimum absolute atomic E-state index is 0. The summed E-state index contributed by atoms with van der Waals surface area (Å²) in [6, 6.07) is 7.48. The molecule has 1 aromatic carbocycles. The van der Waals surface area contributed by atoms with Crippen molar-refractivity contribution in [1.29, 1.82) is 0 Å². The quantitative estimate of drug-likeness (QED) is 0.649. The fourth-order valence-corrected chi connectivity index (χ4v) is 2.94. The van der Waals surface area contributed by atoms with Gasteiger partial charge >= 0.3 is 0 Å². The standard InChI is InChI=1S/C18H28N2O4.ClH/c1-22-14-18(8-11-19-12-9-18)17(21)20-10-3-13-24-16-6-4-15(23-2)5-7-16;/h4-7,19H,3,8-14H2,1-2H3,(H,20,21);1H. The molecule has 2 rings (SSSR count). The van der Waals surface area contributed by atoms with Gasteiger partial charge in [0.1, 0.15) is 11.5 Å². The fourth-order valence-electron chi connectivity index (χ4n) is 2.94. The number of rotatable bonds is 9. The lowest BCUT2D eigenvalue weighted by Crippen LogP contribution is -2.50. The van der Waals surface area contributed by atoms with Crippen LogP contribution >= 0.6 is 12.4 Å². The van der Waals surface area contributed by atoms with Crippen LogP contribution in [0.2, 0.25) is 0 Å². The molecule has 1 heterocycles. The van der Waals surface area contributed by atoms with E-state index in [1.165, 1.54) is 0 Å². The van der Waals surface area contributed by atoms with Crippen molar-refractivity contribution in [3.8, 4) is 11.5 Å². The molecule has 0 saturated carbocycles. The highest BCUT2D eigenvalue weighted by atomic mass is 35.5. The highest BCUT2D eigenvalue weighted by Gasteiger charge is 2.39. The molecule has 1 aliphatic heterocycles. The van der Waals surface area contributed by atoms with Crippen molar-refractivity contribution in [2.24, 2.45) is 5.41 Å². The average molecular weight is 373 g/mol. The van der Waals surface area contributed by atoms with Crippen molar-refractivity contribution in [2.45, 2.75) is 19.3 Å². The molecule has 1 amide bonds. The number of methoxy groups -OCH3 is 2. The van der Waals surface area contributed by atoms with Crippen LogP contribution in [-0.2, 0) is 9.53 Å². The molecule has 2 N–H and O–H groups in total. The highest BCUT2D eigenvalue weighted by molar-refractivity contribution is 5.85. The zero-order valence-electron chi connectivity index (χ0n) is 15.0. The third-order valence-electron chi connectivity index (χ3n) is 4.40. The van der Waals surface area contributed by atoms with Gasteiger partial charge in [-0.3, -0.25) is 4.79 Å². The van der Waals surface area contributed by atoms with Gasteiger partial charge in [-0.15, -0.1) is 12.4 Å². The van der Waals surface area contributed by atoms with Gasteiger partial charge in [0.2, 0.25) is 5.91 Å². The van der Waals surface area contributed by atoms with E-state index in [-0.39, 0.29) is 18.3 Å². The molecule has 0 atom stereocenters. The van der Waals surface area contributed by atoms with Crippen LogP contribution in [-0.4, -0.2) is 53.0 Å². The smallest absolute Gasteiger partial charge is 0.228 e. The summed E-state index contributed by atoms with van der Waals surface area (Å²) in [6.07, 6.45) is 2.39. The van der Waals surface area contributed by atoms with E-state index >= 15 is 0 Å². The number of piperidine rings is 1. The van der Waals surface area contributed by atoms with Crippen molar-refractivity contribution < 1.29 is 19.0 Å². The van der Waals surface area contributed by atoms with E-state index in [1.807, 2.05) is 24.3 Å². The summed E-state index contributed by atoms with van der Waals surface area (Å²) in [5.41, 5.74) is -0.392. The molecule has 1 fully saturated rings. The molecule has 142 valence electrons. The van der Waals surface area contributed by atoms with E-state index < -0.39 is 5.41 Å².